The number of aryl methyl sites for hydroxylation is 1. The molecule has 0 unspecified atom stereocenters. The van der Waals surface area contributed by atoms with Gasteiger partial charge in [0.25, 0.3) is 0 Å². The maximum absolute atomic E-state index is 10.9. The van der Waals surface area contributed by atoms with Crippen molar-refractivity contribution in [3.05, 3.63) is 32.4 Å². The fourth-order valence-electron chi connectivity index (χ4n) is 1.35. The Labute approximate surface area is 112 Å². The number of nitrogens with zero attached hydrogens (tertiary/aromatic N) is 4. The highest BCUT2D eigenvalue weighted by molar-refractivity contribution is 7.09. The molecule has 2 aromatic heterocycles. The third kappa shape index (κ3) is 3.11. The van der Waals surface area contributed by atoms with E-state index >= 15 is 0 Å². The summed E-state index contributed by atoms with van der Waals surface area (Å²) in [4.78, 5) is 22.2. The zero-order chi connectivity index (χ0) is 13.8. The van der Waals surface area contributed by atoms with Gasteiger partial charge in [0.05, 0.1) is 11.5 Å². The molecule has 0 aromatic carbocycles. The van der Waals surface area contributed by atoms with E-state index in [0.717, 1.165) is 16.9 Å². The predicted octanol–water partition coefficient (Wildman–Crippen LogP) is 1.05. The molecular formula is C9H11N7O2S. The van der Waals surface area contributed by atoms with Crippen LogP contribution in [0.5, 0.6) is 0 Å². The first-order chi connectivity index (χ1) is 9.10. The van der Waals surface area contributed by atoms with Crippen LogP contribution in [-0.4, -0.2) is 19.9 Å². The first kappa shape index (κ1) is 13.1. The highest BCUT2D eigenvalue weighted by Crippen LogP contribution is 2.22. The van der Waals surface area contributed by atoms with E-state index in [-0.39, 0.29) is 17.5 Å². The molecule has 0 aliphatic rings. The lowest BCUT2D eigenvalue weighted by Crippen LogP contribution is -2.13. The quantitative estimate of drug-likeness (QED) is 0.421. The molecule has 0 amide bonds. The summed E-state index contributed by atoms with van der Waals surface area (Å²) >= 11 is 1.47. The fraction of sp³-hybridized carbons (Fsp3) is 0.222. The summed E-state index contributed by atoms with van der Waals surface area (Å²) in [5.41, 5.74) is 2.93. The zero-order valence-corrected chi connectivity index (χ0v) is 10.8. The molecule has 0 radical (unpaired) electrons. The van der Waals surface area contributed by atoms with Gasteiger partial charge in [0.15, 0.2) is 0 Å². The van der Waals surface area contributed by atoms with Crippen molar-refractivity contribution in [3.63, 3.8) is 0 Å². The number of anilines is 2. The Morgan fingerprint density at radius 1 is 1.53 bits per heavy atom. The molecule has 0 saturated carbocycles. The van der Waals surface area contributed by atoms with E-state index in [0.29, 0.717) is 6.54 Å². The Morgan fingerprint density at radius 2 is 2.32 bits per heavy atom. The number of nitro groups is 1. The van der Waals surface area contributed by atoms with E-state index in [1.165, 1.54) is 11.3 Å². The maximum atomic E-state index is 10.9. The van der Waals surface area contributed by atoms with Gasteiger partial charge in [-0.1, -0.05) is 0 Å². The molecule has 0 aliphatic heterocycles. The van der Waals surface area contributed by atoms with Crippen LogP contribution in [0.15, 0.2) is 11.6 Å². The second kappa shape index (κ2) is 5.54. The monoisotopic (exact) mass is 281 g/mol. The molecule has 0 fully saturated rings. The molecule has 0 bridgehead atoms. The van der Waals surface area contributed by atoms with Gasteiger partial charge in [-0.25, -0.2) is 15.8 Å². The van der Waals surface area contributed by atoms with Crippen LogP contribution in [0.1, 0.15) is 10.7 Å². The topological polar surface area (TPSA) is 132 Å². The van der Waals surface area contributed by atoms with E-state index in [4.69, 9.17) is 5.84 Å². The average Bonchev–Trinajstić information content (AvgIpc) is 2.81. The van der Waals surface area contributed by atoms with Crippen LogP contribution in [-0.2, 0) is 6.54 Å². The van der Waals surface area contributed by atoms with Gasteiger partial charge in [-0.2, -0.15) is 4.98 Å². The van der Waals surface area contributed by atoms with Crippen molar-refractivity contribution in [1.82, 2.24) is 15.0 Å². The lowest BCUT2D eigenvalue weighted by Gasteiger charge is -2.05. The molecule has 19 heavy (non-hydrogen) atoms. The van der Waals surface area contributed by atoms with Crippen LogP contribution in [0.2, 0.25) is 0 Å². The fourth-order valence-corrected chi connectivity index (χ4v) is 2.06. The summed E-state index contributed by atoms with van der Waals surface area (Å²) in [6, 6.07) is 0. The SMILES string of the molecule is Cc1csc(CNc2nc(NN)ncc2[N+](=O)[O-])n1. The van der Waals surface area contributed by atoms with Gasteiger partial charge in [0.2, 0.25) is 11.8 Å². The van der Waals surface area contributed by atoms with E-state index in [2.05, 4.69) is 25.7 Å². The standard InChI is InChI=1S/C9H11N7O2S/c1-5-4-19-7(13-5)3-11-8-6(16(17)18)2-12-9(14-8)15-10/h2,4H,3,10H2,1H3,(H2,11,12,14,15). The third-order valence-electron chi connectivity index (χ3n) is 2.17. The largest absolute Gasteiger partial charge is 0.358 e. The van der Waals surface area contributed by atoms with E-state index < -0.39 is 4.92 Å². The summed E-state index contributed by atoms with van der Waals surface area (Å²) in [6.07, 6.45) is 1.09. The van der Waals surface area contributed by atoms with Gasteiger partial charge in [0.1, 0.15) is 11.2 Å². The number of aromatic nitrogens is 3. The van der Waals surface area contributed by atoms with Crippen LogP contribution < -0.4 is 16.6 Å². The van der Waals surface area contributed by atoms with Crippen molar-refractivity contribution in [3.8, 4) is 0 Å². The van der Waals surface area contributed by atoms with Crippen LogP contribution >= 0.6 is 11.3 Å². The van der Waals surface area contributed by atoms with Crippen LogP contribution in [0.3, 0.4) is 0 Å². The van der Waals surface area contributed by atoms with Crippen LogP contribution in [0.4, 0.5) is 17.5 Å². The molecule has 100 valence electrons. The number of hydrogen-bond acceptors (Lipinski definition) is 9. The van der Waals surface area contributed by atoms with Gasteiger partial charge in [-0.15, -0.1) is 11.3 Å². The van der Waals surface area contributed by atoms with Crippen molar-refractivity contribution in [2.24, 2.45) is 5.84 Å². The number of hydrogen-bond donors (Lipinski definition) is 3. The van der Waals surface area contributed by atoms with Crippen molar-refractivity contribution >= 4 is 28.8 Å². The van der Waals surface area contributed by atoms with Crippen molar-refractivity contribution in [2.75, 3.05) is 10.7 Å². The Kier molecular flexibility index (Phi) is 3.82. The van der Waals surface area contributed by atoms with Gasteiger partial charge < -0.3 is 5.32 Å². The second-order valence-corrected chi connectivity index (χ2v) is 4.51. The molecule has 9 nitrogen and oxygen atoms in total. The summed E-state index contributed by atoms with van der Waals surface area (Å²) in [6.45, 7) is 2.23. The van der Waals surface area contributed by atoms with Gasteiger partial charge in [-0.05, 0) is 6.92 Å². The Bertz CT molecular complexity index is 600. The summed E-state index contributed by atoms with van der Waals surface area (Å²) in [5.74, 6) is 5.37. The third-order valence-corrected chi connectivity index (χ3v) is 3.14. The number of rotatable bonds is 5. The molecular weight excluding hydrogens is 270 g/mol. The molecule has 10 heteroatoms. The molecule has 4 N–H and O–H groups in total. The van der Waals surface area contributed by atoms with E-state index in [9.17, 15) is 10.1 Å². The molecule has 2 rings (SSSR count). The molecule has 0 saturated heterocycles. The first-order valence-corrected chi connectivity index (χ1v) is 6.11. The van der Waals surface area contributed by atoms with Gasteiger partial charge >= 0.3 is 5.69 Å². The Morgan fingerprint density at radius 3 is 2.89 bits per heavy atom. The first-order valence-electron chi connectivity index (χ1n) is 5.23. The molecule has 2 heterocycles. The molecule has 0 aliphatic carbocycles. The Hall–Kier alpha value is -2.33. The summed E-state index contributed by atoms with van der Waals surface area (Å²) < 4.78 is 0. The highest BCUT2D eigenvalue weighted by atomic mass is 32.1. The highest BCUT2D eigenvalue weighted by Gasteiger charge is 2.17. The minimum atomic E-state index is -0.560. The predicted molar refractivity (Wildman–Crippen MR) is 70.7 cm³/mol. The smallest absolute Gasteiger partial charge is 0.329 e. The molecule has 0 atom stereocenters. The number of nitrogens with one attached hydrogen (secondary N) is 2. The second-order valence-electron chi connectivity index (χ2n) is 3.57. The Balaban J connectivity index is 2.19. The van der Waals surface area contributed by atoms with Crippen molar-refractivity contribution in [2.45, 2.75) is 13.5 Å². The zero-order valence-electron chi connectivity index (χ0n) is 9.95. The van der Waals surface area contributed by atoms with E-state index in [1.54, 1.807) is 0 Å². The van der Waals surface area contributed by atoms with Crippen molar-refractivity contribution in [1.29, 1.82) is 0 Å². The number of nitrogen functional groups attached to an aromatic ring is 1. The number of hydrazine groups is 1. The number of thiazole rings is 1. The average molecular weight is 281 g/mol. The van der Waals surface area contributed by atoms with Gasteiger partial charge in [0, 0.05) is 11.1 Å². The summed E-state index contributed by atoms with van der Waals surface area (Å²) in [7, 11) is 0. The lowest BCUT2D eigenvalue weighted by atomic mass is 10.4. The van der Waals surface area contributed by atoms with E-state index in [1.807, 2.05) is 12.3 Å². The van der Waals surface area contributed by atoms with Gasteiger partial charge in [-0.3, -0.25) is 15.5 Å². The number of nitrogens with two attached hydrogens (primary N) is 1. The summed E-state index contributed by atoms with van der Waals surface area (Å²) in [5, 5.41) is 16.4. The molecule has 0 spiro atoms. The van der Waals surface area contributed by atoms with Crippen molar-refractivity contribution < 1.29 is 4.92 Å². The normalized spacial score (nSPS) is 10.2. The van der Waals surface area contributed by atoms with Crippen LogP contribution in [0.25, 0.3) is 0 Å². The minimum absolute atomic E-state index is 0.0980. The maximum Gasteiger partial charge on any atom is 0.329 e. The molecule has 2 aromatic rings. The lowest BCUT2D eigenvalue weighted by molar-refractivity contribution is -0.384. The van der Waals surface area contributed by atoms with Crippen LogP contribution in [0, 0.1) is 17.0 Å². The minimum Gasteiger partial charge on any atom is -0.358 e.